The number of thiocarbonyl (C=S) groups is 1. The van der Waals surface area contributed by atoms with Crippen LogP contribution >= 0.6 is 23.6 Å². The van der Waals surface area contributed by atoms with Crippen LogP contribution in [0.5, 0.6) is 0 Å². The molecule has 24 heavy (non-hydrogen) atoms. The molecule has 1 aromatic carbocycles. The van der Waals surface area contributed by atoms with Crippen molar-refractivity contribution >= 4 is 40.3 Å². The van der Waals surface area contributed by atoms with Gasteiger partial charge in [-0.3, -0.25) is 4.79 Å². The van der Waals surface area contributed by atoms with Gasteiger partial charge in [0, 0.05) is 23.3 Å². The first-order valence-corrected chi connectivity index (χ1v) is 8.61. The molecule has 0 saturated heterocycles. The second-order valence-electron chi connectivity index (χ2n) is 5.42. The van der Waals surface area contributed by atoms with E-state index >= 15 is 0 Å². The number of anilines is 1. The van der Waals surface area contributed by atoms with Gasteiger partial charge in [-0.1, -0.05) is 12.1 Å². The van der Waals surface area contributed by atoms with E-state index in [1.807, 2.05) is 31.5 Å². The Bertz CT molecular complexity index is 817. The minimum absolute atomic E-state index is 0.279. The molecule has 2 N–H and O–H groups in total. The van der Waals surface area contributed by atoms with Crippen LogP contribution in [-0.4, -0.2) is 23.0 Å². The van der Waals surface area contributed by atoms with Crippen molar-refractivity contribution in [2.45, 2.75) is 13.0 Å². The number of hydrogen-bond acceptors (Lipinski definition) is 3. The van der Waals surface area contributed by atoms with E-state index in [0.717, 1.165) is 10.6 Å². The number of thiophene rings is 1. The zero-order valence-electron chi connectivity index (χ0n) is 13.2. The summed E-state index contributed by atoms with van der Waals surface area (Å²) in [6.45, 7) is 1.86. The lowest BCUT2D eigenvalue weighted by molar-refractivity contribution is -0.113. The summed E-state index contributed by atoms with van der Waals surface area (Å²) in [4.78, 5) is 15.6. The maximum atomic E-state index is 13.4. The van der Waals surface area contributed by atoms with Crippen LogP contribution in [-0.2, 0) is 4.79 Å². The van der Waals surface area contributed by atoms with E-state index in [9.17, 15) is 9.18 Å². The van der Waals surface area contributed by atoms with Gasteiger partial charge in [0.1, 0.15) is 5.82 Å². The summed E-state index contributed by atoms with van der Waals surface area (Å²) in [5.41, 5.74) is 1.75. The van der Waals surface area contributed by atoms with E-state index in [4.69, 9.17) is 12.2 Å². The Hall–Kier alpha value is -2.25. The Morgan fingerprint density at radius 2 is 2.17 bits per heavy atom. The van der Waals surface area contributed by atoms with Crippen molar-refractivity contribution in [3.8, 4) is 0 Å². The Balaban J connectivity index is 1.97. The first-order valence-electron chi connectivity index (χ1n) is 7.32. The summed E-state index contributed by atoms with van der Waals surface area (Å²) in [5.74, 6) is -0.674. The number of hydrogen-bond donors (Lipinski definition) is 2. The van der Waals surface area contributed by atoms with Gasteiger partial charge in [-0.25, -0.2) is 4.39 Å². The third-order valence-electron chi connectivity index (χ3n) is 3.91. The second-order valence-corrected chi connectivity index (χ2v) is 6.79. The number of allylic oxidation sites excluding steroid dienone is 1. The molecule has 0 radical (unpaired) electrons. The van der Waals surface area contributed by atoms with Crippen LogP contribution < -0.4 is 10.6 Å². The number of amides is 1. The molecular weight excluding hydrogens is 345 g/mol. The van der Waals surface area contributed by atoms with E-state index in [1.54, 1.807) is 28.4 Å². The molecule has 2 heterocycles. The SMILES string of the molecule is CC1=C(C(=O)Nc2cccc(F)c2)C(c2cccs2)NC(=S)N1C. The van der Waals surface area contributed by atoms with Crippen LogP contribution in [0.2, 0.25) is 0 Å². The highest BCUT2D eigenvalue weighted by Gasteiger charge is 2.33. The van der Waals surface area contributed by atoms with E-state index in [1.165, 1.54) is 12.1 Å². The van der Waals surface area contributed by atoms with Crippen molar-refractivity contribution in [2.75, 3.05) is 12.4 Å². The number of rotatable bonds is 3. The zero-order chi connectivity index (χ0) is 17.3. The lowest BCUT2D eigenvalue weighted by Gasteiger charge is -2.35. The number of carbonyl (C=O) groups is 1. The molecule has 1 unspecified atom stereocenters. The number of nitrogens with one attached hydrogen (secondary N) is 2. The Labute approximate surface area is 149 Å². The molecule has 0 bridgehead atoms. The van der Waals surface area contributed by atoms with Gasteiger partial charge in [0.15, 0.2) is 5.11 Å². The van der Waals surface area contributed by atoms with Gasteiger partial charge in [-0.2, -0.15) is 0 Å². The highest BCUT2D eigenvalue weighted by Crippen LogP contribution is 2.33. The Kier molecular flexibility index (Phi) is 4.64. The van der Waals surface area contributed by atoms with Gasteiger partial charge < -0.3 is 15.5 Å². The second kappa shape index (κ2) is 6.70. The quantitative estimate of drug-likeness (QED) is 0.819. The van der Waals surface area contributed by atoms with Gasteiger partial charge in [-0.15, -0.1) is 11.3 Å². The summed E-state index contributed by atoms with van der Waals surface area (Å²) in [5, 5.41) is 8.49. The Morgan fingerprint density at radius 3 is 2.83 bits per heavy atom. The molecule has 1 aliphatic heterocycles. The molecule has 1 aromatic heterocycles. The van der Waals surface area contributed by atoms with Crippen LogP contribution in [0, 0.1) is 5.82 Å². The van der Waals surface area contributed by atoms with Crippen molar-refractivity contribution in [3.63, 3.8) is 0 Å². The molecule has 0 aliphatic carbocycles. The van der Waals surface area contributed by atoms with E-state index < -0.39 is 5.82 Å². The molecule has 124 valence electrons. The van der Waals surface area contributed by atoms with Gasteiger partial charge >= 0.3 is 0 Å². The van der Waals surface area contributed by atoms with Crippen molar-refractivity contribution in [2.24, 2.45) is 0 Å². The normalized spacial score (nSPS) is 17.7. The minimum Gasteiger partial charge on any atom is -0.350 e. The summed E-state index contributed by atoms with van der Waals surface area (Å²) in [7, 11) is 1.81. The summed E-state index contributed by atoms with van der Waals surface area (Å²) < 4.78 is 13.4. The first-order chi connectivity index (χ1) is 11.5. The minimum atomic E-state index is -0.395. The first kappa shape index (κ1) is 16.6. The fourth-order valence-electron chi connectivity index (χ4n) is 2.56. The maximum absolute atomic E-state index is 13.4. The standard InChI is InChI=1S/C17H16FN3OS2/c1-10-14(16(22)19-12-6-3-5-11(18)9-12)15(13-7-4-8-24-13)20-17(23)21(10)2/h3-9,15H,1-2H3,(H,19,22)(H,20,23). The molecule has 4 nitrogen and oxygen atoms in total. The lowest BCUT2D eigenvalue weighted by atomic mass is 10.00. The molecule has 0 spiro atoms. The maximum Gasteiger partial charge on any atom is 0.255 e. The summed E-state index contributed by atoms with van der Waals surface area (Å²) in [6, 6.07) is 9.41. The fourth-order valence-corrected chi connectivity index (χ4v) is 3.60. The van der Waals surface area contributed by atoms with E-state index in [0.29, 0.717) is 16.4 Å². The fraction of sp³-hybridized carbons (Fsp3) is 0.176. The summed E-state index contributed by atoms with van der Waals surface area (Å²) in [6.07, 6.45) is 0. The largest absolute Gasteiger partial charge is 0.350 e. The number of nitrogens with zero attached hydrogens (tertiary/aromatic N) is 1. The monoisotopic (exact) mass is 361 g/mol. The zero-order valence-corrected chi connectivity index (χ0v) is 14.8. The van der Waals surface area contributed by atoms with E-state index in [-0.39, 0.29) is 11.9 Å². The number of benzene rings is 1. The molecule has 0 fully saturated rings. The molecule has 3 rings (SSSR count). The van der Waals surface area contributed by atoms with Gasteiger partial charge in [0.05, 0.1) is 11.6 Å². The van der Waals surface area contributed by atoms with Gasteiger partial charge in [-0.05, 0) is 48.8 Å². The molecule has 1 atom stereocenters. The van der Waals surface area contributed by atoms with Crippen molar-refractivity contribution in [1.82, 2.24) is 10.2 Å². The number of halogens is 1. The predicted molar refractivity (Wildman–Crippen MR) is 98.3 cm³/mol. The van der Waals surface area contributed by atoms with Gasteiger partial charge in [0.25, 0.3) is 5.91 Å². The molecule has 1 amide bonds. The van der Waals surface area contributed by atoms with Crippen LogP contribution in [0.15, 0.2) is 53.0 Å². The highest BCUT2D eigenvalue weighted by atomic mass is 32.1. The molecular formula is C17H16FN3OS2. The molecule has 7 heteroatoms. The van der Waals surface area contributed by atoms with Gasteiger partial charge in [0.2, 0.25) is 0 Å². The molecule has 2 aromatic rings. The topological polar surface area (TPSA) is 44.4 Å². The molecule has 0 saturated carbocycles. The highest BCUT2D eigenvalue weighted by molar-refractivity contribution is 7.80. The van der Waals surface area contributed by atoms with Crippen LogP contribution in [0.25, 0.3) is 0 Å². The number of carbonyl (C=O) groups excluding carboxylic acids is 1. The summed E-state index contributed by atoms with van der Waals surface area (Å²) >= 11 is 6.90. The van der Waals surface area contributed by atoms with Crippen LogP contribution in [0.4, 0.5) is 10.1 Å². The van der Waals surface area contributed by atoms with Crippen molar-refractivity contribution in [1.29, 1.82) is 0 Å². The van der Waals surface area contributed by atoms with E-state index in [2.05, 4.69) is 10.6 Å². The third-order valence-corrected chi connectivity index (χ3v) is 5.24. The van der Waals surface area contributed by atoms with Crippen LogP contribution in [0.3, 0.4) is 0 Å². The van der Waals surface area contributed by atoms with Crippen molar-refractivity contribution < 1.29 is 9.18 Å². The average Bonchev–Trinajstić information content (AvgIpc) is 3.06. The predicted octanol–water partition coefficient (Wildman–Crippen LogP) is 3.66. The smallest absolute Gasteiger partial charge is 0.255 e. The lowest BCUT2D eigenvalue weighted by Crippen LogP contribution is -2.46. The average molecular weight is 361 g/mol. The van der Waals surface area contributed by atoms with Crippen molar-refractivity contribution in [3.05, 3.63) is 63.7 Å². The Morgan fingerprint density at radius 1 is 1.38 bits per heavy atom. The molecule has 1 aliphatic rings. The van der Waals surface area contributed by atoms with Crippen LogP contribution in [0.1, 0.15) is 17.8 Å². The third kappa shape index (κ3) is 3.18.